The van der Waals surface area contributed by atoms with Crippen LogP contribution < -0.4 is 10.1 Å². The van der Waals surface area contributed by atoms with Crippen LogP contribution in [0, 0.1) is 0 Å². The minimum Gasteiger partial charge on any atom is -0.497 e. The Labute approximate surface area is 131 Å². The van der Waals surface area contributed by atoms with E-state index in [9.17, 15) is 0 Å². The molecule has 0 aliphatic rings. The van der Waals surface area contributed by atoms with E-state index < -0.39 is 0 Å². The summed E-state index contributed by atoms with van der Waals surface area (Å²) < 4.78 is 6.40. The zero-order valence-electron chi connectivity index (χ0n) is 13.3. The topological polar surface area (TPSA) is 37.4 Å². The number of rotatable bonds is 8. The van der Waals surface area contributed by atoms with Crippen LogP contribution in [0.25, 0.3) is 10.2 Å². The van der Waals surface area contributed by atoms with E-state index in [-0.39, 0.29) is 0 Å². The zero-order valence-corrected chi connectivity index (χ0v) is 14.2. The van der Waals surface area contributed by atoms with Gasteiger partial charge in [-0.1, -0.05) is 11.3 Å². The summed E-state index contributed by atoms with van der Waals surface area (Å²) in [5.41, 5.74) is 1.03. The molecule has 4 nitrogen and oxygen atoms in total. The second-order valence-electron chi connectivity index (χ2n) is 5.56. The summed E-state index contributed by atoms with van der Waals surface area (Å²) in [6, 6.07) is 6.62. The first-order valence-electron chi connectivity index (χ1n) is 7.49. The number of ether oxygens (including phenoxy) is 1. The highest BCUT2D eigenvalue weighted by molar-refractivity contribution is 7.22. The number of aromatic nitrogens is 1. The first-order valence-corrected chi connectivity index (χ1v) is 8.30. The van der Waals surface area contributed by atoms with Crippen LogP contribution in [0.5, 0.6) is 5.75 Å². The number of unbranched alkanes of at least 4 members (excludes halogenated alkanes) is 1. The van der Waals surface area contributed by atoms with Crippen molar-refractivity contribution in [1.29, 1.82) is 0 Å². The van der Waals surface area contributed by atoms with Crippen LogP contribution in [-0.4, -0.2) is 43.2 Å². The average Bonchev–Trinajstić information content (AvgIpc) is 2.87. The van der Waals surface area contributed by atoms with Crippen molar-refractivity contribution in [3.8, 4) is 5.75 Å². The molecule has 0 radical (unpaired) electrons. The maximum Gasteiger partial charge on any atom is 0.183 e. The largest absolute Gasteiger partial charge is 0.497 e. The van der Waals surface area contributed by atoms with Gasteiger partial charge < -0.3 is 15.0 Å². The molecule has 0 amide bonds. The van der Waals surface area contributed by atoms with Crippen LogP contribution in [0.15, 0.2) is 18.2 Å². The van der Waals surface area contributed by atoms with Gasteiger partial charge in [0.1, 0.15) is 5.75 Å². The third-order valence-electron chi connectivity index (χ3n) is 3.69. The van der Waals surface area contributed by atoms with Crippen LogP contribution in [-0.2, 0) is 0 Å². The number of hydrogen-bond donors (Lipinski definition) is 1. The zero-order chi connectivity index (χ0) is 15.2. The maximum atomic E-state index is 5.24. The molecule has 0 spiro atoms. The van der Waals surface area contributed by atoms with Gasteiger partial charge in [-0.15, -0.1) is 0 Å². The number of thiazole rings is 1. The van der Waals surface area contributed by atoms with E-state index in [4.69, 9.17) is 4.74 Å². The highest BCUT2D eigenvalue weighted by Gasteiger charge is 2.05. The summed E-state index contributed by atoms with van der Waals surface area (Å²) in [6.07, 6.45) is 2.37. The molecular formula is C16H25N3OS. The lowest BCUT2D eigenvalue weighted by Crippen LogP contribution is -2.27. The molecule has 1 aromatic heterocycles. The van der Waals surface area contributed by atoms with E-state index in [0.29, 0.717) is 6.04 Å². The number of hydrogen-bond acceptors (Lipinski definition) is 5. The monoisotopic (exact) mass is 307 g/mol. The Morgan fingerprint density at radius 2 is 2.14 bits per heavy atom. The summed E-state index contributed by atoms with van der Waals surface area (Å²) in [7, 11) is 3.87. The lowest BCUT2D eigenvalue weighted by molar-refractivity contribution is 0.269. The highest BCUT2D eigenvalue weighted by atomic mass is 32.1. The van der Waals surface area contributed by atoms with Gasteiger partial charge in [-0.25, -0.2) is 4.98 Å². The van der Waals surface area contributed by atoms with Gasteiger partial charge >= 0.3 is 0 Å². The van der Waals surface area contributed by atoms with Crippen molar-refractivity contribution in [2.45, 2.75) is 32.7 Å². The van der Waals surface area contributed by atoms with Crippen LogP contribution in [0.1, 0.15) is 26.7 Å². The van der Waals surface area contributed by atoms with E-state index >= 15 is 0 Å². The molecule has 0 bridgehead atoms. The smallest absolute Gasteiger partial charge is 0.183 e. The predicted molar refractivity (Wildman–Crippen MR) is 91.7 cm³/mol. The number of methoxy groups -OCH3 is 1. The molecule has 0 aliphatic heterocycles. The van der Waals surface area contributed by atoms with Crippen molar-refractivity contribution in [3.05, 3.63) is 18.2 Å². The van der Waals surface area contributed by atoms with E-state index in [1.807, 2.05) is 18.2 Å². The molecule has 0 fully saturated rings. The molecule has 1 aromatic carbocycles. The van der Waals surface area contributed by atoms with Crippen molar-refractivity contribution < 1.29 is 4.74 Å². The van der Waals surface area contributed by atoms with Gasteiger partial charge in [0.05, 0.1) is 17.3 Å². The molecule has 2 aromatic rings. The predicted octanol–water partition coefficient (Wildman–Crippen LogP) is 3.84. The van der Waals surface area contributed by atoms with Gasteiger partial charge in [0.2, 0.25) is 0 Å². The quantitative estimate of drug-likeness (QED) is 0.752. The number of fused-ring (bicyclic) bond motifs is 1. The van der Waals surface area contributed by atoms with Crippen molar-refractivity contribution >= 4 is 26.7 Å². The molecule has 2 rings (SSSR count). The SMILES string of the molecule is COc1ccc2nc(NCCCCN(C)C(C)C)sc2c1. The molecule has 0 unspecified atom stereocenters. The van der Waals surface area contributed by atoms with E-state index in [1.165, 1.54) is 6.42 Å². The van der Waals surface area contributed by atoms with Crippen LogP contribution in [0.3, 0.4) is 0 Å². The number of nitrogens with one attached hydrogen (secondary N) is 1. The number of anilines is 1. The molecule has 1 heterocycles. The molecule has 116 valence electrons. The van der Waals surface area contributed by atoms with Crippen LogP contribution in [0.4, 0.5) is 5.13 Å². The Bertz CT molecular complexity index is 568. The first-order chi connectivity index (χ1) is 10.1. The second-order valence-corrected chi connectivity index (χ2v) is 6.59. The normalized spacial score (nSPS) is 11.5. The van der Waals surface area contributed by atoms with Crippen molar-refractivity contribution in [1.82, 2.24) is 9.88 Å². The molecule has 5 heteroatoms. The number of nitrogens with zero attached hydrogens (tertiary/aromatic N) is 2. The standard InChI is InChI=1S/C16H25N3OS/c1-12(2)19(3)10-6-5-9-17-16-18-14-8-7-13(20-4)11-15(14)21-16/h7-8,11-12H,5-6,9-10H2,1-4H3,(H,17,18). The Balaban J connectivity index is 1.78. The van der Waals surface area contributed by atoms with E-state index in [0.717, 1.165) is 40.6 Å². The number of benzene rings is 1. The molecule has 1 N–H and O–H groups in total. The minimum absolute atomic E-state index is 0.622. The fourth-order valence-electron chi connectivity index (χ4n) is 2.05. The van der Waals surface area contributed by atoms with Crippen LogP contribution >= 0.6 is 11.3 Å². The second kappa shape index (κ2) is 7.61. The maximum absolute atomic E-state index is 5.24. The Morgan fingerprint density at radius 3 is 2.86 bits per heavy atom. The Kier molecular flexibility index (Phi) is 5.82. The fraction of sp³-hybridized carbons (Fsp3) is 0.562. The summed E-state index contributed by atoms with van der Waals surface area (Å²) in [5.74, 6) is 0.884. The third-order valence-corrected chi connectivity index (χ3v) is 4.67. The van der Waals surface area contributed by atoms with Gasteiger partial charge in [-0.05, 0) is 58.5 Å². The lowest BCUT2D eigenvalue weighted by atomic mass is 10.2. The summed E-state index contributed by atoms with van der Waals surface area (Å²) in [5, 5.41) is 4.42. The van der Waals surface area contributed by atoms with Gasteiger partial charge in [-0.3, -0.25) is 0 Å². The van der Waals surface area contributed by atoms with Crippen LogP contribution in [0.2, 0.25) is 0 Å². The average molecular weight is 307 g/mol. The van der Waals surface area contributed by atoms with Crippen molar-refractivity contribution in [3.63, 3.8) is 0 Å². The van der Waals surface area contributed by atoms with E-state index in [1.54, 1.807) is 18.4 Å². The molecule has 0 atom stereocenters. The van der Waals surface area contributed by atoms with Gasteiger partial charge in [0.15, 0.2) is 5.13 Å². The molecule has 0 aliphatic carbocycles. The third kappa shape index (κ3) is 4.58. The molecule has 0 saturated heterocycles. The Morgan fingerprint density at radius 1 is 1.33 bits per heavy atom. The summed E-state index contributed by atoms with van der Waals surface area (Å²) >= 11 is 1.68. The molecular weight excluding hydrogens is 282 g/mol. The van der Waals surface area contributed by atoms with Crippen molar-refractivity contribution in [2.75, 3.05) is 32.6 Å². The highest BCUT2D eigenvalue weighted by Crippen LogP contribution is 2.29. The van der Waals surface area contributed by atoms with Gasteiger partial charge in [0, 0.05) is 12.6 Å². The first kappa shape index (κ1) is 16.0. The molecule has 21 heavy (non-hydrogen) atoms. The van der Waals surface area contributed by atoms with Gasteiger partial charge in [0.25, 0.3) is 0 Å². The summed E-state index contributed by atoms with van der Waals surface area (Å²) in [6.45, 7) is 6.58. The summed E-state index contributed by atoms with van der Waals surface area (Å²) in [4.78, 5) is 6.97. The molecule has 0 saturated carbocycles. The lowest BCUT2D eigenvalue weighted by Gasteiger charge is -2.20. The Hall–Kier alpha value is -1.33. The van der Waals surface area contributed by atoms with Crippen molar-refractivity contribution in [2.24, 2.45) is 0 Å². The minimum atomic E-state index is 0.622. The fourth-order valence-corrected chi connectivity index (χ4v) is 2.97. The van der Waals surface area contributed by atoms with Gasteiger partial charge in [-0.2, -0.15) is 0 Å². The van der Waals surface area contributed by atoms with E-state index in [2.05, 4.69) is 36.1 Å².